The zero-order valence-corrected chi connectivity index (χ0v) is 17.9. The van der Waals surface area contributed by atoms with E-state index in [9.17, 15) is 4.79 Å². The van der Waals surface area contributed by atoms with Crippen LogP contribution < -0.4 is 4.90 Å². The molecule has 2 heterocycles. The Hall–Kier alpha value is -2.60. The number of halogens is 1. The minimum absolute atomic E-state index is 0.0942. The van der Waals surface area contributed by atoms with Crippen LogP contribution in [0.25, 0.3) is 15.2 Å². The van der Waals surface area contributed by atoms with Crippen molar-refractivity contribution < 1.29 is 4.79 Å². The quantitative estimate of drug-likeness (QED) is 0.396. The maximum Gasteiger partial charge on any atom is 0.237 e. The van der Waals surface area contributed by atoms with Crippen LogP contribution in [0.5, 0.6) is 0 Å². The van der Waals surface area contributed by atoms with E-state index in [2.05, 4.69) is 16.3 Å². The molecule has 0 radical (unpaired) electrons. The first kappa shape index (κ1) is 19.7. The summed E-state index contributed by atoms with van der Waals surface area (Å²) in [6, 6.07) is 15.6. The van der Waals surface area contributed by atoms with Gasteiger partial charge in [0.2, 0.25) is 10.9 Å². The van der Waals surface area contributed by atoms with Crippen molar-refractivity contribution in [2.75, 3.05) is 17.2 Å². The molecule has 0 aliphatic carbocycles. The molecule has 6 nitrogen and oxygen atoms in total. The number of amides is 1. The lowest BCUT2D eigenvalue weighted by Crippen LogP contribution is -2.33. The van der Waals surface area contributed by atoms with Crippen LogP contribution in [0, 0.1) is 18.3 Å². The summed E-state index contributed by atoms with van der Waals surface area (Å²) >= 11 is 9.02. The van der Waals surface area contributed by atoms with Crippen LogP contribution in [0.1, 0.15) is 12.0 Å². The number of para-hydroxylation sites is 1. The largest absolute Gasteiger partial charge is 0.311 e. The first-order valence-electron chi connectivity index (χ1n) is 8.87. The average Bonchev–Trinajstić information content (AvgIpc) is 3.28. The molecule has 0 N–H and O–H groups in total. The molecule has 1 amide bonds. The molecule has 0 saturated carbocycles. The van der Waals surface area contributed by atoms with Crippen LogP contribution in [0.4, 0.5) is 5.69 Å². The van der Waals surface area contributed by atoms with Crippen LogP contribution in [0.3, 0.4) is 0 Å². The molecule has 0 atom stereocenters. The number of hydrogen-bond acceptors (Lipinski definition) is 6. The molecule has 146 valence electrons. The third-order valence-corrected chi connectivity index (χ3v) is 6.79. The minimum Gasteiger partial charge on any atom is -0.311 e. The molecule has 0 fully saturated rings. The Morgan fingerprint density at radius 1 is 1.31 bits per heavy atom. The zero-order valence-electron chi connectivity index (χ0n) is 15.5. The highest BCUT2D eigenvalue weighted by Crippen LogP contribution is 2.30. The maximum atomic E-state index is 13.0. The number of carbonyl (C=O) groups is 1. The monoisotopic (exact) mass is 441 g/mol. The van der Waals surface area contributed by atoms with Crippen LogP contribution >= 0.6 is 34.7 Å². The van der Waals surface area contributed by atoms with Gasteiger partial charge in [-0.1, -0.05) is 46.8 Å². The Balaban J connectivity index is 1.57. The lowest BCUT2D eigenvalue weighted by Gasteiger charge is -2.22. The molecule has 4 aromatic rings. The van der Waals surface area contributed by atoms with Gasteiger partial charge >= 0.3 is 0 Å². The minimum atomic E-state index is -0.0942. The van der Waals surface area contributed by atoms with Crippen molar-refractivity contribution in [1.82, 2.24) is 14.6 Å². The summed E-state index contributed by atoms with van der Waals surface area (Å²) in [5.74, 6) is 0.0983. The maximum absolute atomic E-state index is 13.0. The number of nitriles is 1. The SMILES string of the molecule is Cc1cc(N(CCC#N)C(=O)CSc2nnc3sc4ccccc4n23)ccc1Cl. The third kappa shape index (κ3) is 3.94. The molecule has 0 bridgehead atoms. The van der Waals surface area contributed by atoms with Crippen LogP contribution in [-0.2, 0) is 4.79 Å². The molecule has 9 heteroatoms. The standard InChI is InChI=1S/C20H16ClN5OS2/c1-13-11-14(7-8-15(13)21)25(10-4-9-22)18(27)12-28-19-23-24-20-26(19)16-5-2-3-6-17(16)29-20/h2-3,5-8,11H,4,10,12H2,1H3. The molecule has 0 saturated heterocycles. The van der Waals surface area contributed by atoms with Crippen molar-refractivity contribution >= 4 is 61.5 Å². The smallest absolute Gasteiger partial charge is 0.237 e. The van der Waals surface area contributed by atoms with Crippen molar-refractivity contribution in [2.24, 2.45) is 0 Å². The summed E-state index contributed by atoms with van der Waals surface area (Å²) in [7, 11) is 0. The number of fused-ring (bicyclic) bond motifs is 3. The number of benzene rings is 2. The fraction of sp³-hybridized carbons (Fsp3) is 0.200. The van der Waals surface area contributed by atoms with Gasteiger partial charge in [-0.25, -0.2) is 0 Å². The number of carbonyl (C=O) groups excluding carboxylic acids is 1. The van der Waals surface area contributed by atoms with Gasteiger partial charge < -0.3 is 4.90 Å². The van der Waals surface area contributed by atoms with E-state index in [0.717, 1.165) is 26.4 Å². The second kappa shape index (κ2) is 8.41. The number of thiazole rings is 1. The summed E-state index contributed by atoms with van der Waals surface area (Å²) in [5.41, 5.74) is 2.65. The van der Waals surface area contributed by atoms with E-state index in [1.165, 1.54) is 11.8 Å². The molecule has 0 spiro atoms. The molecule has 2 aromatic heterocycles. The molecule has 0 aliphatic heterocycles. The highest BCUT2D eigenvalue weighted by Gasteiger charge is 2.19. The molecule has 2 aromatic carbocycles. The summed E-state index contributed by atoms with van der Waals surface area (Å²) in [5, 5.41) is 18.8. The van der Waals surface area contributed by atoms with Crippen molar-refractivity contribution in [3.63, 3.8) is 0 Å². The Labute approximate surface area is 180 Å². The molecule has 0 unspecified atom stereocenters. The third-order valence-electron chi connectivity index (χ3n) is 4.44. The van der Waals surface area contributed by atoms with Crippen molar-refractivity contribution in [3.8, 4) is 6.07 Å². The predicted molar refractivity (Wildman–Crippen MR) is 118 cm³/mol. The summed E-state index contributed by atoms with van der Waals surface area (Å²) < 4.78 is 3.10. The van der Waals surface area contributed by atoms with E-state index in [1.54, 1.807) is 28.4 Å². The lowest BCUT2D eigenvalue weighted by molar-refractivity contribution is -0.116. The second-order valence-electron chi connectivity index (χ2n) is 6.35. The summed E-state index contributed by atoms with van der Waals surface area (Å²) in [6.07, 6.45) is 0.252. The fourth-order valence-corrected chi connectivity index (χ4v) is 4.97. The van der Waals surface area contributed by atoms with Crippen molar-refractivity contribution in [1.29, 1.82) is 5.26 Å². The van der Waals surface area contributed by atoms with Crippen molar-refractivity contribution in [3.05, 3.63) is 53.1 Å². The van der Waals surface area contributed by atoms with E-state index >= 15 is 0 Å². The summed E-state index contributed by atoms with van der Waals surface area (Å²) in [6.45, 7) is 2.22. The molecule has 0 aliphatic rings. The van der Waals surface area contributed by atoms with Crippen LogP contribution in [0.15, 0.2) is 47.6 Å². The average molecular weight is 442 g/mol. The first-order chi connectivity index (χ1) is 14.1. The number of aryl methyl sites for hydroxylation is 1. The Kier molecular flexibility index (Phi) is 5.72. The van der Waals surface area contributed by atoms with Gasteiger partial charge in [0.25, 0.3) is 0 Å². The molecular formula is C20H16ClN5OS2. The van der Waals surface area contributed by atoms with Gasteiger partial charge in [0.15, 0.2) is 5.16 Å². The second-order valence-corrected chi connectivity index (χ2v) is 8.70. The van der Waals surface area contributed by atoms with Crippen LogP contribution in [0.2, 0.25) is 5.02 Å². The van der Waals surface area contributed by atoms with Gasteiger partial charge in [-0.3, -0.25) is 9.20 Å². The lowest BCUT2D eigenvalue weighted by atomic mass is 10.2. The van der Waals surface area contributed by atoms with E-state index < -0.39 is 0 Å². The van der Waals surface area contributed by atoms with Gasteiger partial charge in [0.1, 0.15) is 0 Å². The predicted octanol–water partition coefficient (Wildman–Crippen LogP) is 4.94. The molecule has 4 rings (SSSR count). The highest BCUT2D eigenvalue weighted by molar-refractivity contribution is 7.99. The number of aromatic nitrogens is 3. The van der Waals surface area contributed by atoms with E-state index in [0.29, 0.717) is 16.7 Å². The van der Waals surface area contributed by atoms with E-state index in [-0.39, 0.29) is 18.1 Å². The molecular weight excluding hydrogens is 426 g/mol. The summed E-state index contributed by atoms with van der Waals surface area (Å²) in [4.78, 5) is 15.4. The van der Waals surface area contributed by atoms with Crippen LogP contribution in [-0.4, -0.2) is 32.8 Å². The van der Waals surface area contributed by atoms with Gasteiger partial charge in [-0.2, -0.15) is 5.26 Å². The topological polar surface area (TPSA) is 74.3 Å². The highest BCUT2D eigenvalue weighted by atomic mass is 35.5. The van der Waals surface area contributed by atoms with Gasteiger partial charge in [-0.15, -0.1) is 10.2 Å². The van der Waals surface area contributed by atoms with E-state index in [1.807, 2.05) is 41.7 Å². The van der Waals surface area contributed by atoms with Gasteiger partial charge in [-0.05, 0) is 42.8 Å². The number of thioether (sulfide) groups is 1. The number of nitrogens with zero attached hydrogens (tertiary/aromatic N) is 5. The first-order valence-corrected chi connectivity index (χ1v) is 11.1. The Bertz CT molecular complexity index is 1240. The normalized spacial score (nSPS) is 11.1. The van der Waals surface area contributed by atoms with Gasteiger partial charge in [0, 0.05) is 17.3 Å². The Morgan fingerprint density at radius 2 is 2.14 bits per heavy atom. The van der Waals surface area contributed by atoms with Gasteiger partial charge in [0.05, 0.1) is 28.5 Å². The zero-order chi connectivity index (χ0) is 20.4. The number of hydrogen-bond donors (Lipinski definition) is 0. The number of anilines is 1. The van der Waals surface area contributed by atoms with Crippen molar-refractivity contribution in [2.45, 2.75) is 18.5 Å². The number of rotatable bonds is 6. The Morgan fingerprint density at radius 3 is 2.93 bits per heavy atom. The van der Waals surface area contributed by atoms with E-state index in [4.69, 9.17) is 16.9 Å². The fourth-order valence-electron chi connectivity index (χ4n) is 3.01. The molecule has 29 heavy (non-hydrogen) atoms.